The quantitative estimate of drug-likeness (QED) is 0.515. The van der Waals surface area contributed by atoms with Crippen LogP contribution in [0.2, 0.25) is 0 Å². The molecular formula is C14H16Fe. The second-order valence-corrected chi connectivity index (χ2v) is 3.48. The molecule has 0 spiro atoms. The van der Waals surface area contributed by atoms with Crippen molar-refractivity contribution < 1.29 is 17.1 Å². The largest absolute Gasteiger partial charge is 2.00 e. The van der Waals surface area contributed by atoms with Crippen LogP contribution in [0.4, 0.5) is 0 Å². The molecule has 0 aliphatic heterocycles. The number of hydrogen-bond donors (Lipinski definition) is 0. The molecule has 1 heteroatoms. The first kappa shape index (κ1) is 14.2. The van der Waals surface area contributed by atoms with Gasteiger partial charge in [0.2, 0.25) is 0 Å². The molecule has 0 bridgehead atoms. The summed E-state index contributed by atoms with van der Waals surface area (Å²) >= 11 is 0. The van der Waals surface area contributed by atoms with Gasteiger partial charge in [-0.15, -0.1) is 6.42 Å². The van der Waals surface area contributed by atoms with Gasteiger partial charge < -0.3 is 0 Å². The average Bonchev–Trinajstić information content (AvgIpc) is 2.77. The summed E-state index contributed by atoms with van der Waals surface area (Å²) in [4.78, 5) is 0. The summed E-state index contributed by atoms with van der Waals surface area (Å²) in [5.41, 5.74) is 1.29. The zero-order valence-corrected chi connectivity index (χ0v) is 10.3. The van der Waals surface area contributed by atoms with Crippen molar-refractivity contribution in [2.24, 2.45) is 0 Å². The van der Waals surface area contributed by atoms with Gasteiger partial charge >= 0.3 is 17.1 Å². The van der Waals surface area contributed by atoms with Crippen molar-refractivity contribution in [1.82, 2.24) is 0 Å². The zero-order chi connectivity index (χ0) is 10.2. The normalized spacial score (nSPS) is 11.9. The molecule has 1 aromatic carbocycles. The van der Waals surface area contributed by atoms with Gasteiger partial charge in [0.1, 0.15) is 0 Å². The van der Waals surface area contributed by atoms with Gasteiger partial charge in [0.25, 0.3) is 0 Å². The molecule has 0 atom stereocenters. The third-order valence-corrected chi connectivity index (χ3v) is 1.94. The first-order valence-electron chi connectivity index (χ1n) is 4.99. The van der Waals surface area contributed by atoms with Crippen LogP contribution >= 0.6 is 0 Å². The second kappa shape index (κ2) is 8.52. The molecule has 1 aliphatic rings. The fraction of sp³-hybridized carbons (Fsp3) is 0.286. The van der Waals surface area contributed by atoms with E-state index in [1.807, 2.05) is 30.4 Å². The minimum Gasteiger partial charge on any atom is -0.273 e. The molecule has 1 aliphatic carbocycles. The Labute approximate surface area is 104 Å². The number of allylic oxidation sites excluding steroid dienone is 4. The van der Waals surface area contributed by atoms with Crippen molar-refractivity contribution in [1.29, 1.82) is 0 Å². The van der Waals surface area contributed by atoms with E-state index in [2.05, 4.69) is 38.1 Å². The van der Waals surface area contributed by atoms with E-state index in [4.69, 9.17) is 0 Å². The van der Waals surface area contributed by atoms with E-state index in [0.717, 1.165) is 6.42 Å². The fourth-order valence-corrected chi connectivity index (χ4v) is 1.11. The topological polar surface area (TPSA) is 0 Å². The van der Waals surface area contributed by atoms with Gasteiger partial charge in [-0.3, -0.25) is 6.08 Å². The van der Waals surface area contributed by atoms with Crippen molar-refractivity contribution in [2.45, 2.75) is 26.2 Å². The summed E-state index contributed by atoms with van der Waals surface area (Å²) in [6, 6.07) is 11.3. The van der Waals surface area contributed by atoms with E-state index in [9.17, 15) is 0 Å². The first-order valence-corrected chi connectivity index (χ1v) is 4.99. The maximum Gasteiger partial charge on any atom is 2.00 e. The SMILES string of the molecule is CC(C)c1[c-]cccc1.[C-]1=CC=CC1.[Fe+2]. The smallest absolute Gasteiger partial charge is 0.273 e. The number of benzene rings is 1. The monoisotopic (exact) mass is 240 g/mol. The molecule has 0 N–H and O–H groups in total. The van der Waals surface area contributed by atoms with Crippen LogP contribution < -0.4 is 0 Å². The minimum absolute atomic E-state index is 0. The molecule has 1 aromatic rings. The second-order valence-electron chi connectivity index (χ2n) is 3.48. The summed E-state index contributed by atoms with van der Waals surface area (Å²) in [6.07, 6.45) is 10.0. The van der Waals surface area contributed by atoms with E-state index in [1.165, 1.54) is 5.56 Å². The first-order chi connectivity index (χ1) is 6.80. The van der Waals surface area contributed by atoms with E-state index < -0.39 is 0 Å². The number of rotatable bonds is 1. The van der Waals surface area contributed by atoms with Gasteiger partial charge in [-0.05, 0) is 5.92 Å². The molecule has 0 saturated heterocycles. The molecule has 0 amide bonds. The summed E-state index contributed by atoms with van der Waals surface area (Å²) < 4.78 is 0. The third kappa shape index (κ3) is 6.33. The Kier molecular flexibility index (Phi) is 8.08. The van der Waals surface area contributed by atoms with E-state index >= 15 is 0 Å². The molecular weight excluding hydrogens is 224 g/mol. The van der Waals surface area contributed by atoms with Gasteiger partial charge in [0.15, 0.2) is 0 Å². The number of hydrogen-bond acceptors (Lipinski definition) is 0. The van der Waals surface area contributed by atoms with Crippen LogP contribution in [0.1, 0.15) is 31.7 Å². The maximum absolute atomic E-state index is 3.17. The Balaban J connectivity index is 0.000000280. The van der Waals surface area contributed by atoms with Crippen molar-refractivity contribution in [2.75, 3.05) is 0 Å². The Morgan fingerprint density at radius 2 is 2.07 bits per heavy atom. The zero-order valence-electron chi connectivity index (χ0n) is 9.18. The summed E-state index contributed by atoms with van der Waals surface area (Å²) in [5, 5.41) is 0. The molecule has 2 rings (SSSR count). The summed E-state index contributed by atoms with van der Waals surface area (Å²) in [5.74, 6) is 0.603. The van der Waals surface area contributed by atoms with E-state index in [0.29, 0.717) is 5.92 Å². The van der Waals surface area contributed by atoms with E-state index in [-0.39, 0.29) is 17.1 Å². The molecule has 0 unspecified atom stereocenters. The van der Waals surface area contributed by atoms with Crippen LogP contribution in [0.25, 0.3) is 0 Å². The van der Waals surface area contributed by atoms with E-state index in [1.54, 1.807) is 0 Å². The summed E-state index contributed by atoms with van der Waals surface area (Å²) in [7, 11) is 0. The molecule has 0 aromatic heterocycles. The maximum atomic E-state index is 3.17. The summed E-state index contributed by atoms with van der Waals surface area (Å²) in [6.45, 7) is 4.34. The predicted octanol–water partition coefficient (Wildman–Crippen LogP) is 3.91. The predicted molar refractivity (Wildman–Crippen MR) is 60.9 cm³/mol. The van der Waals surface area contributed by atoms with Gasteiger partial charge in [0, 0.05) is 0 Å². The van der Waals surface area contributed by atoms with Crippen LogP contribution in [-0.4, -0.2) is 0 Å². The van der Waals surface area contributed by atoms with Gasteiger partial charge in [-0.25, -0.2) is 12.2 Å². The Hall–Kier alpha value is -0.781. The Morgan fingerprint density at radius 1 is 1.27 bits per heavy atom. The van der Waals surface area contributed by atoms with Gasteiger partial charge in [-0.1, -0.05) is 13.8 Å². The van der Waals surface area contributed by atoms with Crippen LogP contribution in [0.5, 0.6) is 0 Å². The Morgan fingerprint density at radius 3 is 2.33 bits per heavy atom. The molecule has 0 radical (unpaired) electrons. The van der Waals surface area contributed by atoms with Crippen molar-refractivity contribution in [3.8, 4) is 0 Å². The Bertz CT molecular complexity index is 286. The third-order valence-electron chi connectivity index (χ3n) is 1.94. The van der Waals surface area contributed by atoms with Crippen molar-refractivity contribution in [3.63, 3.8) is 0 Å². The standard InChI is InChI=1S/C9H11.C5H5.Fe/c1-8(2)9-6-4-3-5-7-9;1-2-4-5-3-1;/h3-6,8H,1-2H3;1-3H,4H2;/q2*-1;+2. The van der Waals surface area contributed by atoms with Gasteiger partial charge in [0.05, 0.1) is 0 Å². The molecule has 15 heavy (non-hydrogen) atoms. The van der Waals surface area contributed by atoms with Gasteiger partial charge in [-0.2, -0.15) is 42.0 Å². The molecule has 0 nitrogen and oxygen atoms in total. The fourth-order valence-electron chi connectivity index (χ4n) is 1.11. The molecule has 0 heterocycles. The molecule has 0 saturated carbocycles. The van der Waals surface area contributed by atoms with Crippen LogP contribution in [0.15, 0.2) is 42.5 Å². The van der Waals surface area contributed by atoms with Crippen LogP contribution in [0, 0.1) is 12.1 Å². The average molecular weight is 240 g/mol. The minimum atomic E-state index is 0. The molecule has 80 valence electrons. The van der Waals surface area contributed by atoms with Crippen LogP contribution in [0.3, 0.4) is 0 Å². The van der Waals surface area contributed by atoms with Crippen molar-refractivity contribution in [3.05, 3.63) is 60.2 Å². The van der Waals surface area contributed by atoms with Crippen molar-refractivity contribution >= 4 is 0 Å². The van der Waals surface area contributed by atoms with Crippen LogP contribution in [-0.2, 0) is 17.1 Å². The molecule has 0 fully saturated rings.